The van der Waals surface area contributed by atoms with E-state index in [9.17, 15) is 5.11 Å². The largest absolute Gasteiger partial charge is 0.411 e. The molecule has 15 heavy (non-hydrogen) atoms. The Hall–Kier alpha value is -0.610. The molecular weight excluding hydrogens is 192 g/mol. The van der Waals surface area contributed by atoms with Crippen molar-refractivity contribution >= 4 is 5.71 Å². The number of β-amino-alcohol motifs (C(OH)–C–C–N with tert-alkyl or cyclic N) is 1. The molecule has 1 saturated heterocycles. The average Bonchev–Trinajstić information content (AvgIpc) is 2.28. The van der Waals surface area contributed by atoms with Crippen LogP contribution >= 0.6 is 0 Å². The predicted molar refractivity (Wildman–Crippen MR) is 60.4 cm³/mol. The fraction of sp³-hybridized carbons (Fsp3) is 0.909. The summed E-state index contributed by atoms with van der Waals surface area (Å²) in [6, 6.07) is 0. The van der Waals surface area contributed by atoms with Crippen molar-refractivity contribution in [1.29, 1.82) is 0 Å². The van der Waals surface area contributed by atoms with Gasteiger partial charge in [-0.25, -0.2) is 0 Å². The first-order valence-corrected chi connectivity index (χ1v) is 5.82. The van der Waals surface area contributed by atoms with Crippen LogP contribution in [0.4, 0.5) is 0 Å². The van der Waals surface area contributed by atoms with Crippen LogP contribution < -0.4 is 0 Å². The van der Waals surface area contributed by atoms with Gasteiger partial charge in [-0.05, 0) is 12.8 Å². The maximum Gasteiger partial charge on any atom is 0.0664 e. The van der Waals surface area contributed by atoms with E-state index < -0.39 is 0 Å². The van der Waals surface area contributed by atoms with Crippen molar-refractivity contribution in [3.63, 3.8) is 0 Å². The van der Waals surface area contributed by atoms with Crippen molar-refractivity contribution in [3.8, 4) is 0 Å². The molecule has 0 bridgehead atoms. The lowest BCUT2D eigenvalue weighted by molar-refractivity contribution is 0.0998. The van der Waals surface area contributed by atoms with Crippen LogP contribution in [0.5, 0.6) is 0 Å². The number of aliphatic hydroxyl groups excluding tert-OH is 1. The zero-order chi connectivity index (χ0) is 11.3. The molecule has 2 N–H and O–H groups in total. The molecular formula is C11H22N2O2. The van der Waals surface area contributed by atoms with E-state index in [2.05, 4.69) is 17.0 Å². The summed E-state index contributed by atoms with van der Waals surface area (Å²) in [5.74, 6) is 0.354. The number of aliphatic hydroxyl groups is 1. The zero-order valence-electron chi connectivity index (χ0n) is 9.69. The Balaban J connectivity index is 2.46. The molecule has 0 saturated carbocycles. The van der Waals surface area contributed by atoms with E-state index in [4.69, 9.17) is 5.21 Å². The summed E-state index contributed by atoms with van der Waals surface area (Å²) in [5.41, 5.74) is 0.916. The highest BCUT2D eigenvalue weighted by molar-refractivity contribution is 5.87. The molecule has 1 heterocycles. The van der Waals surface area contributed by atoms with E-state index in [1.165, 1.54) is 0 Å². The van der Waals surface area contributed by atoms with E-state index in [-0.39, 0.29) is 6.10 Å². The van der Waals surface area contributed by atoms with E-state index in [1.54, 1.807) is 0 Å². The highest BCUT2D eigenvalue weighted by Gasteiger charge is 2.25. The van der Waals surface area contributed by atoms with Gasteiger partial charge in [0.15, 0.2) is 0 Å². The van der Waals surface area contributed by atoms with Crippen LogP contribution in [0.15, 0.2) is 5.16 Å². The van der Waals surface area contributed by atoms with Gasteiger partial charge in [0.25, 0.3) is 0 Å². The molecule has 4 nitrogen and oxygen atoms in total. The quantitative estimate of drug-likeness (QED) is 0.548. The van der Waals surface area contributed by atoms with Crippen LogP contribution in [-0.2, 0) is 0 Å². The fourth-order valence-corrected chi connectivity index (χ4v) is 2.07. The van der Waals surface area contributed by atoms with Crippen LogP contribution in [0.3, 0.4) is 0 Å². The Kier molecular flexibility index (Phi) is 5.05. The molecule has 0 amide bonds. The lowest BCUT2D eigenvalue weighted by Gasteiger charge is -2.33. The molecule has 0 spiro atoms. The second-order valence-corrected chi connectivity index (χ2v) is 4.27. The molecule has 88 valence electrons. The number of nitrogens with zero attached hydrogens (tertiary/aromatic N) is 2. The second kappa shape index (κ2) is 6.08. The minimum atomic E-state index is -0.227. The van der Waals surface area contributed by atoms with Crippen molar-refractivity contribution in [2.75, 3.05) is 19.6 Å². The predicted octanol–water partition coefficient (Wildman–Crippen LogP) is 1.32. The first kappa shape index (κ1) is 12.5. The third-order valence-corrected chi connectivity index (χ3v) is 3.20. The van der Waals surface area contributed by atoms with E-state index in [0.29, 0.717) is 5.92 Å². The van der Waals surface area contributed by atoms with Crippen molar-refractivity contribution in [1.82, 2.24) is 4.90 Å². The smallest absolute Gasteiger partial charge is 0.0664 e. The SMILES string of the molecule is CCC(O)CN1CCC(=NO)C(CC)C1. The Morgan fingerprint density at radius 2 is 2.27 bits per heavy atom. The summed E-state index contributed by atoms with van der Waals surface area (Å²) in [5, 5.41) is 21.8. The molecule has 1 aliphatic heterocycles. The molecule has 0 aromatic carbocycles. The Bertz CT molecular complexity index is 219. The molecule has 0 aliphatic carbocycles. The number of oxime groups is 1. The van der Waals surface area contributed by atoms with E-state index >= 15 is 0 Å². The van der Waals surface area contributed by atoms with Crippen molar-refractivity contribution in [2.45, 2.75) is 39.2 Å². The first-order chi connectivity index (χ1) is 7.21. The summed E-state index contributed by atoms with van der Waals surface area (Å²) in [4.78, 5) is 2.26. The highest BCUT2D eigenvalue weighted by atomic mass is 16.4. The molecule has 1 aliphatic rings. The van der Waals surface area contributed by atoms with Gasteiger partial charge in [0.05, 0.1) is 11.8 Å². The summed E-state index contributed by atoms with van der Waals surface area (Å²) >= 11 is 0. The van der Waals surface area contributed by atoms with E-state index in [1.807, 2.05) is 6.92 Å². The number of likely N-dealkylation sites (tertiary alicyclic amines) is 1. The van der Waals surface area contributed by atoms with Crippen molar-refractivity contribution in [3.05, 3.63) is 0 Å². The topological polar surface area (TPSA) is 56.1 Å². The monoisotopic (exact) mass is 214 g/mol. The number of piperidine rings is 1. The van der Waals surface area contributed by atoms with Crippen LogP contribution in [0.25, 0.3) is 0 Å². The van der Waals surface area contributed by atoms with Gasteiger partial charge in [0.2, 0.25) is 0 Å². The normalized spacial score (nSPS) is 28.2. The van der Waals surface area contributed by atoms with Gasteiger partial charge in [0.1, 0.15) is 0 Å². The molecule has 0 aromatic heterocycles. The van der Waals surface area contributed by atoms with Crippen molar-refractivity contribution < 1.29 is 10.3 Å². The van der Waals surface area contributed by atoms with Gasteiger partial charge in [-0.15, -0.1) is 0 Å². The van der Waals surface area contributed by atoms with Crippen LogP contribution in [-0.4, -0.2) is 46.7 Å². The van der Waals surface area contributed by atoms with Gasteiger partial charge in [-0.2, -0.15) is 0 Å². The second-order valence-electron chi connectivity index (χ2n) is 4.27. The van der Waals surface area contributed by atoms with Crippen molar-refractivity contribution in [2.24, 2.45) is 11.1 Å². The van der Waals surface area contributed by atoms with Gasteiger partial charge < -0.3 is 10.3 Å². The molecule has 0 radical (unpaired) electrons. The van der Waals surface area contributed by atoms with Gasteiger partial charge in [0, 0.05) is 32.0 Å². The third-order valence-electron chi connectivity index (χ3n) is 3.20. The summed E-state index contributed by atoms with van der Waals surface area (Å²) in [7, 11) is 0. The van der Waals surface area contributed by atoms with Crippen LogP contribution in [0, 0.1) is 5.92 Å². The molecule has 1 rings (SSSR count). The Morgan fingerprint density at radius 1 is 1.53 bits per heavy atom. The van der Waals surface area contributed by atoms with Gasteiger partial charge >= 0.3 is 0 Å². The molecule has 4 heteroatoms. The highest BCUT2D eigenvalue weighted by Crippen LogP contribution is 2.17. The Morgan fingerprint density at radius 3 is 2.80 bits per heavy atom. The Labute approximate surface area is 91.6 Å². The maximum atomic E-state index is 9.57. The standard InChI is InChI=1S/C11H22N2O2/c1-3-9-7-13(8-10(14)4-2)6-5-11(9)12-15/h9-10,14-15H,3-8H2,1-2H3. The summed E-state index contributed by atoms with van der Waals surface area (Å²) < 4.78 is 0. The van der Waals surface area contributed by atoms with Gasteiger partial charge in [-0.1, -0.05) is 19.0 Å². The van der Waals surface area contributed by atoms with Crippen LogP contribution in [0.1, 0.15) is 33.1 Å². The number of rotatable bonds is 4. The first-order valence-electron chi connectivity index (χ1n) is 5.82. The minimum absolute atomic E-state index is 0.227. The molecule has 2 atom stereocenters. The molecule has 2 unspecified atom stereocenters. The molecule has 1 fully saturated rings. The zero-order valence-corrected chi connectivity index (χ0v) is 9.69. The lowest BCUT2D eigenvalue weighted by Crippen LogP contribution is -2.43. The summed E-state index contributed by atoms with van der Waals surface area (Å²) in [6.45, 7) is 6.65. The van der Waals surface area contributed by atoms with E-state index in [0.717, 1.165) is 44.6 Å². The number of hydrogen-bond donors (Lipinski definition) is 2. The third kappa shape index (κ3) is 3.47. The summed E-state index contributed by atoms with van der Waals surface area (Å²) in [6.07, 6.45) is 2.40. The maximum absolute atomic E-state index is 9.57. The minimum Gasteiger partial charge on any atom is -0.411 e. The number of hydrogen-bond acceptors (Lipinski definition) is 4. The fourth-order valence-electron chi connectivity index (χ4n) is 2.07. The lowest BCUT2D eigenvalue weighted by atomic mass is 9.93. The van der Waals surface area contributed by atoms with Crippen LogP contribution in [0.2, 0.25) is 0 Å². The average molecular weight is 214 g/mol. The van der Waals surface area contributed by atoms with Gasteiger partial charge in [-0.3, -0.25) is 4.90 Å². The molecule has 0 aromatic rings.